The van der Waals surface area contributed by atoms with Crippen molar-refractivity contribution in [1.82, 2.24) is 24.6 Å². The van der Waals surface area contributed by atoms with Crippen LogP contribution in [0.15, 0.2) is 35.7 Å². The van der Waals surface area contributed by atoms with E-state index < -0.39 is 0 Å². The van der Waals surface area contributed by atoms with Crippen LogP contribution < -0.4 is 0 Å². The third-order valence-electron chi connectivity index (χ3n) is 2.84. The number of carbonyl (C=O) groups excluding carboxylic acids is 1. The molecule has 0 saturated heterocycles. The van der Waals surface area contributed by atoms with Crippen molar-refractivity contribution in [2.45, 2.75) is 11.9 Å². The zero-order valence-corrected chi connectivity index (χ0v) is 11.8. The lowest BCUT2D eigenvalue weighted by molar-refractivity contribution is 0.101. The van der Waals surface area contributed by atoms with E-state index in [2.05, 4.69) is 20.1 Å². The number of hydrogen-bond donors (Lipinski definition) is 0. The van der Waals surface area contributed by atoms with E-state index in [0.29, 0.717) is 11.3 Å². The second kappa shape index (κ2) is 5.01. The number of fused-ring (bicyclic) bond motifs is 1. The summed E-state index contributed by atoms with van der Waals surface area (Å²) in [5, 5.41) is 5.17. The Bertz CT molecular complexity index is 798. The van der Waals surface area contributed by atoms with Gasteiger partial charge in [-0.2, -0.15) is 5.10 Å². The maximum absolute atomic E-state index is 11.4. The lowest BCUT2D eigenvalue weighted by Gasteiger charge is -2.02. The Hall–Kier alpha value is -2.28. The van der Waals surface area contributed by atoms with Crippen molar-refractivity contribution in [3.05, 3.63) is 36.4 Å². The number of imidazole rings is 1. The minimum absolute atomic E-state index is 0.0842. The molecule has 100 valence electrons. The van der Waals surface area contributed by atoms with E-state index >= 15 is 0 Å². The van der Waals surface area contributed by atoms with Gasteiger partial charge in [0.05, 0.1) is 16.9 Å². The molecule has 0 bridgehead atoms. The van der Waals surface area contributed by atoms with E-state index in [1.807, 2.05) is 12.3 Å². The SMILES string of the molecule is CSc1cc(-c2cnc3ccc(C(C)=O)nn23)ncn1. The van der Waals surface area contributed by atoms with Gasteiger partial charge in [0.25, 0.3) is 0 Å². The van der Waals surface area contributed by atoms with E-state index in [1.165, 1.54) is 25.0 Å². The van der Waals surface area contributed by atoms with Crippen molar-refractivity contribution in [3.63, 3.8) is 0 Å². The maximum atomic E-state index is 11.4. The van der Waals surface area contributed by atoms with Gasteiger partial charge in [0.1, 0.15) is 17.7 Å². The third kappa shape index (κ3) is 2.16. The molecule has 3 aromatic heterocycles. The first-order chi connectivity index (χ1) is 9.69. The molecule has 0 aliphatic carbocycles. The number of aromatic nitrogens is 5. The van der Waals surface area contributed by atoms with Crippen molar-refractivity contribution < 1.29 is 4.79 Å². The van der Waals surface area contributed by atoms with Crippen molar-refractivity contribution in [1.29, 1.82) is 0 Å². The first kappa shape index (κ1) is 12.7. The standard InChI is InChI=1S/C13H11N5OS/c1-8(19)9-3-4-12-14-6-11(18(12)17-9)10-5-13(20-2)16-7-15-10/h3-7H,1-2H3. The Morgan fingerprint density at radius 2 is 2.10 bits per heavy atom. The summed E-state index contributed by atoms with van der Waals surface area (Å²) < 4.78 is 1.63. The molecule has 0 spiro atoms. The van der Waals surface area contributed by atoms with Gasteiger partial charge in [0.15, 0.2) is 11.4 Å². The molecule has 0 fully saturated rings. The fourth-order valence-electron chi connectivity index (χ4n) is 1.83. The summed E-state index contributed by atoms with van der Waals surface area (Å²) in [6.45, 7) is 1.49. The van der Waals surface area contributed by atoms with Crippen LogP contribution in [-0.2, 0) is 0 Å². The average molecular weight is 285 g/mol. The van der Waals surface area contributed by atoms with Gasteiger partial charge in [-0.25, -0.2) is 19.5 Å². The molecule has 0 aromatic carbocycles. The van der Waals surface area contributed by atoms with Crippen LogP contribution >= 0.6 is 11.8 Å². The van der Waals surface area contributed by atoms with Gasteiger partial charge in [-0.1, -0.05) is 0 Å². The van der Waals surface area contributed by atoms with E-state index in [-0.39, 0.29) is 5.78 Å². The fraction of sp³-hybridized carbons (Fsp3) is 0.154. The van der Waals surface area contributed by atoms with Crippen molar-refractivity contribution in [2.75, 3.05) is 6.26 Å². The highest BCUT2D eigenvalue weighted by Gasteiger charge is 2.11. The normalized spacial score (nSPS) is 10.9. The van der Waals surface area contributed by atoms with Crippen LogP contribution in [0, 0.1) is 0 Å². The monoisotopic (exact) mass is 285 g/mol. The summed E-state index contributed by atoms with van der Waals surface area (Å²) in [6.07, 6.45) is 5.15. The first-order valence-corrected chi connectivity index (χ1v) is 7.13. The molecule has 0 N–H and O–H groups in total. The Labute approximate surface area is 119 Å². The van der Waals surface area contributed by atoms with Gasteiger partial charge in [-0.3, -0.25) is 4.79 Å². The smallest absolute Gasteiger partial charge is 0.179 e. The molecular weight excluding hydrogens is 274 g/mol. The molecule has 0 amide bonds. The molecule has 0 radical (unpaired) electrons. The molecule has 6 nitrogen and oxygen atoms in total. The molecule has 0 aliphatic heterocycles. The largest absolute Gasteiger partial charge is 0.293 e. The maximum Gasteiger partial charge on any atom is 0.179 e. The highest BCUT2D eigenvalue weighted by molar-refractivity contribution is 7.98. The number of nitrogens with zero attached hydrogens (tertiary/aromatic N) is 5. The predicted molar refractivity (Wildman–Crippen MR) is 75.8 cm³/mol. The van der Waals surface area contributed by atoms with Gasteiger partial charge in [0.2, 0.25) is 0 Å². The van der Waals surface area contributed by atoms with E-state index in [1.54, 1.807) is 22.8 Å². The lowest BCUT2D eigenvalue weighted by Crippen LogP contribution is -2.03. The van der Waals surface area contributed by atoms with Crippen LogP contribution in [-0.4, -0.2) is 36.6 Å². The second-order valence-corrected chi connectivity index (χ2v) is 4.96. The number of Topliss-reactive ketones (excluding diaryl/α,β-unsaturated/α-hetero) is 1. The summed E-state index contributed by atoms with van der Waals surface area (Å²) in [6, 6.07) is 5.31. The topological polar surface area (TPSA) is 73.0 Å². The van der Waals surface area contributed by atoms with Crippen LogP contribution in [0.2, 0.25) is 0 Å². The van der Waals surface area contributed by atoms with Gasteiger partial charge < -0.3 is 0 Å². The number of thioether (sulfide) groups is 1. The van der Waals surface area contributed by atoms with Crippen LogP contribution in [0.5, 0.6) is 0 Å². The fourth-order valence-corrected chi connectivity index (χ4v) is 2.21. The van der Waals surface area contributed by atoms with E-state index in [0.717, 1.165) is 16.4 Å². The minimum atomic E-state index is -0.0842. The molecule has 20 heavy (non-hydrogen) atoms. The van der Waals surface area contributed by atoms with Gasteiger partial charge in [-0.15, -0.1) is 11.8 Å². The number of carbonyl (C=O) groups is 1. The van der Waals surface area contributed by atoms with Crippen LogP contribution in [0.1, 0.15) is 17.4 Å². The van der Waals surface area contributed by atoms with E-state index in [4.69, 9.17) is 0 Å². The Morgan fingerprint density at radius 3 is 2.85 bits per heavy atom. The van der Waals surface area contributed by atoms with Crippen LogP contribution in [0.3, 0.4) is 0 Å². The first-order valence-electron chi connectivity index (χ1n) is 5.91. The van der Waals surface area contributed by atoms with Crippen molar-refractivity contribution in [3.8, 4) is 11.4 Å². The summed E-state index contributed by atoms with van der Waals surface area (Å²) in [5.74, 6) is -0.0842. The minimum Gasteiger partial charge on any atom is -0.293 e. The predicted octanol–water partition coefficient (Wildman–Crippen LogP) is 2.11. The van der Waals surface area contributed by atoms with Gasteiger partial charge in [0, 0.05) is 6.92 Å². The zero-order chi connectivity index (χ0) is 14.1. The van der Waals surface area contributed by atoms with Crippen LogP contribution in [0.4, 0.5) is 0 Å². The molecule has 7 heteroatoms. The van der Waals surface area contributed by atoms with Gasteiger partial charge >= 0.3 is 0 Å². The molecular formula is C13H11N5OS. The molecule has 0 atom stereocenters. The average Bonchev–Trinajstić information content (AvgIpc) is 2.90. The molecule has 3 rings (SSSR count). The van der Waals surface area contributed by atoms with E-state index in [9.17, 15) is 4.79 Å². The Kier molecular flexibility index (Phi) is 3.19. The summed E-state index contributed by atoms with van der Waals surface area (Å²) >= 11 is 1.54. The molecule has 0 saturated carbocycles. The second-order valence-electron chi connectivity index (χ2n) is 4.13. The van der Waals surface area contributed by atoms with Crippen molar-refractivity contribution >= 4 is 23.2 Å². The summed E-state index contributed by atoms with van der Waals surface area (Å²) in [4.78, 5) is 24.1. The Balaban J connectivity index is 2.20. The highest BCUT2D eigenvalue weighted by atomic mass is 32.2. The number of ketones is 1. The number of rotatable bonds is 3. The molecule has 0 aliphatic rings. The number of hydrogen-bond acceptors (Lipinski definition) is 6. The summed E-state index contributed by atoms with van der Waals surface area (Å²) in [5.41, 5.74) is 2.54. The quantitative estimate of drug-likeness (QED) is 0.417. The molecule has 3 heterocycles. The molecule has 0 unspecified atom stereocenters. The zero-order valence-electron chi connectivity index (χ0n) is 10.9. The lowest BCUT2D eigenvalue weighted by atomic mass is 10.3. The Morgan fingerprint density at radius 1 is 1.25 bits per heavy atom. The summed E-state index contributed by atoms with van der Waals surface area (Å²) in [7, 11) is 0. The van der Waals surface area contributed by atoms with Gasteiger partial charge in [-0.05, 0) is 24.5 Å². The molecule has 3 aromatic rings. The third-order valence-corrected chi connectivity index (χ3v) is 3.48. The highest BCUT2D eigenvalue weighted by Crippen LogP contribution is 2.21. The van der Waals surface area contributed by atoms with Crippen LogP contribution in [0.25, 0.3) is 17.0 Å². The van der Waals surface area contributed by atoms with Crippen molar-refractivity contribution in [2.24, 2.45) is 0 Å².